The smallest absolute Gasteiger partial charge is 0.150 e. The number of carbonyl (C=O) groups excluding carboxylic acids is 1. The van der Waals surface area contributed by atoms with Gasteiger partial charge in [-0.2, -0.15) is 0 Å². The zero-order valence-corrected chi connectivity index (χ0v) is 9.87. The van der Waals surface area contributed by atoms with E-state index in [2.05, 4.69) is 0 Å². The number of halogens is 1. The van der Waals surface area contributed by atoms with Gasteiger partial charge in [0.05, 0.1) is 0 Å². The highest BCUT2D eigenvalue weighted by atomic mass is 19.1. The summed E-state index contributed by atoms with van der Waals surface area (Å²) in [5.41, 5.74) is 7.81. The lowest BCUT2D eigenvalue weighted by molar-refractivity contribution is 0.112. The fraction of sp³-hybridized carbons (Fsp3) is 0.357. The van der Waals surface area contributed by atoms with Gasteiger partial charge in [-0.05, 0) is 50.0 Å². The van der Waals surface area contributed by atoms with Crippen LogP contribution in [-0.2, 0) is 0 Å². The van der Waals surface area contributed by atoms with E-state index in [1.807, 2.05) is 13.0 Å². The zero-order chi connectivity index (χ0) is 12.5. The molecule has 17 heavy (non-hydrogen) atoms. The Bertz CT molecular complexity index is 477. The normalized spacial score (nSPS) is 24.3. The van der Waals surface area contributed by atoms with E-state index in [0.717, 1.165) is 31.1 Å². The van der Waals surface area contributed by atoms with E-state index in [1.54, 1.807) is 6.07 Å². The predicted molar refractivity (Wildman–Crippen MR) is 66.2 cm³/mol. The number of hydrogen-bond acceptors (Lipinski definition) is 2. The lowest BCUT2D eigenvalue weighted by Crippen LogP contribution is -2.37. The van der Waals surface area contributed by atoms with Gasteiger partial charge < -0.3 is 5.73 Å². The summed E-state index contributed by atoms with van der Waals surface area (Å²) >= 11 is 0. The molecule has 1 atom stereocenters. The highest BCUT2D eigenvalue weighted by molar-refractivity contribution is 5.78. The molecule has 1 aliphatic rings. The number of rotatable bonds is 2. The summed E-state index contributed by atoms with van der Waals surface area (Å²) in [6, 6.07) is 4.44. The van der Waals surface area contributed by atoms with Crippen LogP contribution in [-0.4, -0.2) is 11.8 Å². The van der Waals surface area contributed by atoms with Crippen molar-refractivity contribution in [3.8, 4) is 0 Å². The molecule has 0 fully saturated rings. The summed E-state index contributed by atoms with van der Waals surface area (Å²) in [5.74, 6) is -0.275. The van der Waals surface area contributed by atoms with Crippen LogP contribution in [0.4, 0.5) is 4.39 Å². The molecule has 1 aromatic rings. The molecule has 0 heterocycles. The van der Waals surface area contributed by atoms with Crippen LogP contribution in [0.25, 0.3) is 5.57 Å². The Morgan fingerprint density at radius 1 is 1.47 bits per heavy atom. The van der Waals surface area contributed by atoms with Crippen LogP contribution >= 0.6 is 0 Å². The van der Waals surface area contributed by atoms with Crippen molar-refractivity contribution in [3.05, 3.63) is 41.2 Å². The summed E-state index contributed by atoms with van der Waals surface area (Å²) < 4.78 is 13.7. The molecular formula is C14H16FNO. The lowest BCUT2D eigenvalue weighted by atomic mass is 9.82. The van der Waals surface area contributed by atoms with Crippen molar-refractivity contribution >= 4 is 11.9 Å². The van der Waals surface area contributed by atoms with Gasteiger partial charge in [-0.3, -0.25) is 4.79 Å². The Morgan fingerprint density at radius 2 is 2.24 bits per heavy atom. The first-order valence-electron chi connectivity index (χ1n) is 5.75. The van der Waals surface area contributed by atoms with E-state index in [4.69, 9.17) is 5.73 Å². The average Bonchev–Trinajstić information content (AvgIpc) is 2.30. The number of nitrogens with two attached hydrogens (primary N) is 1. The first kappa shape index (κ1) is 12.0. The number of hydrogen-bond donors (Lipinski definition) is 1. The summed E-state index contributed by atoms with van der Waals surface area (Å²) in [6.45, 7) is 2.00. The van der Waals surface area contributed by atoms with E-state index >= 15 is 0 Å². The van der Waals surface area contributed by atoms with Crippen molar-refractivity contribution in [1.29, 1.82) is 0 Å². The molecule has 90 valence electrons. The molecule has 0 amide bonds. The molecule has 0 spiro atoms. The van der Waals surface area contributed by atoms with Crippen LogP contribution in [0.15, 0.2) is 24.3 Å². The van der Waals surface area contributed by atoms with Gasteiger partial charge in [0, 0.05) is 16.7 Å². The minimum absolute atomic E-state index is 0.192. The molecule has 2 nitrogen and oxygen atoms in total. The maximum absolute atomic E-state index is 13.7. The van der Waals surface area contributed by atoms with E-state index < -0.39 is 0 Å². The largest absolute Gasteiger partial charge is 0.325 e. The standard InChI is InChI=1S/C14H16FNO/c1-14(16)6-4-11(5-7-14)12-8-10(9-17)2-3-13(12)15/h2-4,8-9H,5-7,16H2,1H3. The number of carbonyl (C=O) groups is 1. The van der Waals surface area contributed by atoms with Crippen molar-refractivity contribution in [2.45, 2.75) is 31.7 Å². The predicted octanol–water partition coefficient (Wildman–Crippen LogP) is 2.92. The molecule has 3 heteroatoms. The summed E-state index contributed by atoms with van der Waals surface area (Å²) in [6.07, 6.45) is 5.05. The SMILES string of the molecule is CC1(N)CC=C(c2cc(C=O)ccc2F)CC1. The van der Waals surface area contributed by atoms with Gasteiger partial charge >= 0.3 is 0 Å². The third kappa shape index (κ3) is 2.61. The maximum atomic E-state index is 13.7. The highest BCUT2D eigenvalue weighted by Crippen LogP contribution is 2.32. The first-order chi connectivity index (χ1) is 8.02. The van der Waals surface area contributed by atoms with Crippen molar-refractivity contribution in [2.24, 2.45) is 5.73 Å². The Morgan fingerprint density at radius 3 is 2.82 bits per heavy atom. The third-order valence-electron chi connectivity index (χ3n) is 3.25. The topological polar surface area (TPSA) is 43.1 Å². The van der Waals surface area contributed by atoms with E-state index in [-0.39, 0.29) is 11.4 Å². The van der Waals surface area contributed by atoms with Gasteiger partial charge in [0.2, 0.25) is 0 Å². The lowest BCUT2D eigenvalue weighted by Gasteiger charge is -2.28. The second-order valence-corrected chi connectivity index (χ2v) is 4.94. The summed E-state index contributed by atoms with van der Waals surface area (Å²) in [7, 11) is 0. The van der Waals surface area contributed by atoms with E-state index in [1.165, 1.54) is 12.1 Å². The van der Waals surface area contributed by atoms with Crippen molar-refractivity contribution in [3.63, 3.8) is 0 Å². The molecule has 0 saturated carbocycles. The minimum atomic E-state index is -0.275. The first-order valence-corrected chi connectivity index (χ1v) is 5.75. The van der Waals surface area contributed by atoms with Crippen LogP contribution in [0.3, 0.4) is 0 Å². The third-order valence-corrected chi connectivity index (χ3v) is 3.25. The Balaban J connectivity index is 2.35. The van der Waals surface area contributed by atoms with Crippen molar-refractivity contribution in [2.75, 3.05) is 0 Å². The highest BCUT2D eigenvalue weighted by Gasteiger charge is 2.23. The fourth-order valence-corrected chi connectivity index (χ4v) is 2.09. The van der Waals surface area contributed by atoms with Crippen LogP contribution in [0.1, 0.15) is 42.1 Å². The fourth-order valence-electron chi connectivity index (χ4n) is 2.09. The molecule has 1 unspecified atom stereocenters. The average molecular weight is 233 g/mol. The summed E-state index contributed by atoms with van der Waals surface area (Å²) in [5, 5.41) is 0. The van der Waals surface area contributed by atoms with Gasteiger partial charge in [0.1, 0.15) is 12.1 Å². The van der Waals surface area contributed by atoms with Crippen LogP contribution < -0.4 is 5.73 Å². The van der Waals surface area contributed by atoms with Crippen LogP contribution in [0.2, 0.25) is 0 Å². The molecule has 1 aliphatic carbocycles. The minimum Gasteiger partial charge on any atom is -0.325 e. The quantitative estimate of drug-likeness (QED) is 0.798. The summed E-state index contributed by atoms with van der Waals surface area (Å²) in [4.78, 5) is 10.7. The molecule has 0 saturated heterocycles. The second kappa shape index (κ2) is 4.41. The molecule has 2 rings (SSSR count). The second-order valence-electron chi connectivity index (χ2n) is 4.94. The monoisotopic (exact) mass is 233 g/mol. The molecule has 0 radical (unpaired) electrons. The Kier molecular flexibility index (Phi) is 3.11. The maximum Gasteiger partial charge on any atom is 0.150 e. The van der Waals surface area contributed by atoms with Crippen LogP contribution in [0.5, 0.6) is 0 Å². The Labute approximate surface area is 100 Å². The number of benzene rings is 1. The number of allylic oxidation sites excluding steroid dienone is 1. The molecule has 1 aromatic carbocycles. The van der Waals surface area contributed by atoms with Gasteiger partial charge in [-0.1, -0.05) is 6.08 Å². The molecular weight excluding hydrogens is 217 g/mol. The van der Waals surface area contributed by atoms with E-state index in [9.17, 15) is 9.18 Å². The Hall–Kier alpha value is -1.48. The van der Waals surface area contributed by atoms with Gasteiger partial charge in [-0.25, -0.2) is 4.39 Å². The van der Waals surface area contributed by atoms with E-state index in [0.29, 0.717) is 11.1 Å². The molecule has 0 aliphatic heterocycles. The van der Waals surface area contributed by atoms with Crippen molar-refractivity contribution in [1.82, 2.24) is 0 Å². The van der Waals surface area contributed by atoms with Crippen LogP contribution in [0, 0.1) is 5.82 Å². The number of aldehydes is 1. The molecule has 0 bridgehead atoms. The zero-order valence-electron chi connectivity index (χ0n) is 9.87. The van der Waals surface area contributed by atoms with Gasteiger partial charge in [0.25, 0.3) is 0 Å². The van der Waals surface area contributed by atoms with Crippen molar-refractivity contribution < 1.29 is 9.18 Å². The van der Waals surface area contributed by atoms with Gasteiger partial charge in [-0.15, -0.1) is 0 Å². The molecule has 0 aromatic heterocycles. The van der Waals surface area contributed by atoms with Gasteiger partial charge in [0.15, 0.2) is 0 Å². The molecule has 2 N–H and O–H groups in total.